The number of nitrogens with zero attached hydrogens (tertiary/aromatic N) is 4. The third-order valence-electron chi connectivity index (χ3n) is 13.6. The number of anilines is 1. The number of nitrogens with two attached hydrogens (primary N) is 1. The molecule has 6 fully saturated rings. The summed E-state index contributed by atoms with van der Waals surface area (Å²) in [6, 6.07) is 21.9. The van der Waals surface area contributed by atoms with Crippen LogP contribution in [0.5, 0.6) is 0 Å². The van der Waals surface area contributed by atoms with Crippen molar-refractivity contribution in [2.45, 2.75) is 149 Å². The molecule has 0 saturated heterocycles. The summed E-state index contributed by atoms with van der Waals surface area (Å²) in [4.78, 5) is 9.93. The van der Waals surface area contributed by atoms with Crippen LogP contribution >= 0.6 is 0 Å². The molecule has 10 nitrogen and oxygen atoms in total. The molecule has 5 N–H and O–H groups in total. The SMILES string of the molecule is NC1CCC(c2nc(C3(CN[C@H]4CC4c4cccc(NC5CCC(c6nc(C7(CN[C@H]8CC8c8ccccc8)CC7)no6)CC5)c4)CC3)no2)CC1. The van der Waals surface area contributed by atoms with Crippen LogP contribution in [0.15, 0.2) is 63.6 Å². The second-order valence-corrected chi connectivity index (χ2v) is 17.5. The van der Waals surface area contributed by atoms with Gasteiger partial charge in [-0.05, 0) is 113 Å². The highest BCUT2D eigenvalue weighted by atomic mass is 16.5. The van der Waals surface area contributed by atoms with Crippen molar-refractivity contribution in [3.8, 4) is 0 Å². The van der Waals surface area contributed by atoms with Crippen LogP contribution in [0.2, 0.25) is 0 Å². The molecule has 4 aromatic rings. The normalized spacial score (nSPS) is 32.6. The van der Waals surface area contributed by atoms with E-state index in [1.807, 2.05) is 0 Å². The number of hydrogen-bond donors (Lipinski definition) is 4. The van der Waals surface area contributed by atoms with E-state index in [0.717, 1.165) is 114 Å². The fourth-order valence-corrected chi connectivity index (χ4v) is 9.37. The highest BCUT2D eigenvalue weighted by molar-refractivity contribution is 5.49. The van der Waals surface area contributed by atoms with E-state index in [-0.39, 0.29) is 10.8 Å². The first-order valence-electron chi connectivity index (χ1n) is 20.3. The van der Waals surface area contributed by atoms with Crippen molar-refractivity contribution < 1.29 is 9.05 Å². The largest absolute Gasteiger partial charge is 0.382 e. The Morgan fingerprint density at radius 1 is 0.635 bits per heavy atom. The van der Waals surface area contributed by atoms with Gasteiger partial charge in [0.25, 0.3) is 0 Å². The molecule has 274 valence electrons. The van der Waals surface area contributed by atoms with Gasteiger partial charge in [0.15, 0.2) is 11.6 Å². The molecule has 4 atom stereocenters. The van der Waals surface area contributed by atoms with Gasteiger partial charge in [0.2, 0.25) is 11.8 Å². The molecule has 2 heterocycles. The summed E-state index contributed by atoms with van der Waals surface area (Å²) in [6.07, 6.45) is 15.6. The van der Waals surface area contributed by atoms with Crippen LogP contribution < -0.4 is 21.7 Å². The van der Waals surface area contributed by atoms with Crippen LogP contribution in [-0.2, 0) is 10.8 Å². The van der Waals surface area contributed by atoms with Crippen LogP contribution in [0.3, 0.4) is 0 Å². The summed E-state index contributed by atoms with van der Waals surface area (Å²) < 4.78 is 11.7. The van der Waals surface area contributed by atoms with Crippen LogP contribution in [0, 0.1) is 0 Å². The second kappa shape index (κ2) is 13.4. The summed E-state index contributed by atoms with van der Waals surface area (Å²) in [5.41, 5.74) is 10.3. The van der Waals surface area contributed by atoms with Gasteiger partial charge >= 0.3 is 0 Å². The standard InChI is InChI=1S/C42H54N8O2/c43-30-13-9-27(10-14-30)37-47-39(49-51-37)42(19-20-42)25-45-36-23-34(36)29-7-4-8-32(21-29)46-31-15-11-28(12-16-31)38-48-40(50-52-38)41(17-18-41)24-44-35-22-33(35)26-5-2-1-3-6-26/h1-8,21,27-28,30-31,33-36,44-46H,9-20,22-25,43H2/t27?,28?,30?,31?,33?,34?,35-,36-/m0/s1. The molecule has 0 aliphatic heterocycles. The van der Waals surface area contributed by atoms with Crippen molar-refractivity contribution in [3.63, 3.8) is 0 Å². The van der Waals surface area contributed by atoms with Crippen LogP contribution in [0.25, 0.3) is 0 Å². The highest BCUT2D eigenvalue weighted by Gasteiger charge is 2.52. The first-order chi connectivity index (χ1) is 25.5. The molecule has 2 aromatic heterocycles. The maximum absolute atomic E-state index is 6.11. The topological polar surface area (TPSA) is 140 Å². The minimum atomic E-state index is 0.0460. The highest BCUT2D eigenvalue weighted by Crippen LogP contribution is 2.50. The lowest BCUT2D eigenvalue weighted by molar-refractivity contribution is 0.298. The molecule has 0 bridgehead atoms. The molecule has 2 aromatic carbocycles. The van der Waals surface area contributed by atoms with Gasteiger partial charge in [-0.15, -0.1) is 0 Å². The summed E-state index contributed by atoms with van der Waals surface area (Å²) in [6.45, 7) is 1.88. The third-order valence-corrected chi connectivity index (χ3v) is 13.6. The number of rotatable bonds is 14. The van der Waals surface area contributed by atoms with E-state index in [9.17, 15) is 0 Å². The van der Waals surface area contributed by atoms with Gasteiger partial charge in [0.1, 0.15) is 0 Å². The quantitative estimate of drug-likeness (QED) is 0.109. The van der Waals surface area contributed by atoms with Crippen molar-refractivity contribution in [2.24, 2.45) is 5.73 Å². The molecule has 6 aliphatic carbocycles. The van der Waals surface area contributed by atoms with Crippen molar-refractivity contribution >= 4 is 5.69 Å². The molecule has 10 heteroatoms. The Kier molecular flexibility index (Phi) is 8.48. The molecular weight excluding hydrogens is 649 g/mol. The fourth-order valence-electron chi connectivity index (χ4n) is 9.37. The number of aromatic nitrogens is 4. The number of hydrogen-bond acceptors (Lipinski definition) is 10. The Bertz CT molecular complexity index is 1830. The molecule has 6 aliphatic rings. The van der Waals surface area contributed by atoms with E-state index in [1.54, 1.807) is 0 Å². The zero-order valence-electron chi connectivity index (χ0n) is 30.3. The lowest BCUT2D eigenvalue weighted by Crippen LogP contribution is -2.30. The third kappa shape index (κ3) is 6.82. The van der Waals surface area contributed by atoms with Gasteiger partial charge in [0.05, 0.1) is 0 Å². The van der Waals surface area contributed by atoms with Crippen molar-refractivity contribution in [2.75, 3.05) is 18.4 Å². The monoisotopic (exact) mass is 702 g/mol. The first-order valence-corrected chi connectivity index (χ1v) is 20.3. The Morgan fingerprint density at radius 2 is 1.17 bits per heavy atom. The minimum Gasteiger partial charge on any atom is -0.382 e. The predicted octanol–water partition coefficient (Wildman–Crippen LogP) is 6.93. The van der Waals surface area contributed by atoms with Crippen LogP contribution in [0.1, 0.15) is 148 Å². The second-order valence-electron chi connectivity index (χ2n) is 17.5. The molecule has 0 radical (unpaired) electrons. The van der Waals surface area contributed by atoms with Gasteiger partial charge in [-0.3, -0.25) is 0 Å². The van der Waals surface area contributed by atoms with Crippen LogP contribution in [-0.4, -0.2) is 57.5 Å². The van der Waals surface area contributed by atoms with Gasteiger partial charge in [-0.25, -0.2) is 0 Å². The number of nitrogens with one attached hydrogen (secondary N) is 3. The Morgan fingerprint density at radius 3 is 1.75 bits per heavy atom. The Balaban J connectivity index is 0.677. The molecule has 2 unspecified atom stereocenters. The van der Waals surface area contributed by atoms with Crippen LogP contribution in [0.4, 0.5) is 5.69 Å². The van der Waals surface area contributed by atoms with E-state index < -0.39 is 0 Å². The molecule has 10 rings (SSSR count). The minimum absolute atomic E-state index is 0.0460. The summed E-state index contributed by atoms with van der Waals surface area (Å²) in [7, 11) is 0. The van der Waals surface area contributed by atoms with Gasteiger partial charge in [0, 0.05) is 77.4 Å². The number of benzene rings is 2. The lowest BCUT2D eigenvalue weighted by Gasteiger charge is -2.28. The molecule has 52 heavy (non-hydrogen) atoms. The summed E-state index contributed by atoms with van der Waals surface area (Å²) in [5.74, 6) is 5.45. The van der Waals surface area contributed by atoms with Gasteiger partial charge < -0.3 is 30.7 Å². The maximum Gasteiger partial charge on any atom is 0.229 e. The van der Waals surface area contributed by atoms with Crippen molar-refractivity contribution in [1.29, 1.82) is 0 Å². The smallest absolute Gasteiger partial charge is 0.229 e. The molecule has 0 amide bonds. The van der Waals surface area contributed by atoms with Crippen molar-refractivity contribution in [3.05, 3.63) is 89.2 Å². The van der Waals surface area contributed by atoms with E-state index >= 15 is 0 Å². The molecular formula is C42H54N8O2. The Hall–Kier alpha value is -3.60. The zero-order chi connectivity index (χ0) is 34.7. The predicted molar refractivity (Wildman–Crippen MR) is 199 cm³/mol. The summed E-state index contributed by atoms with van der Waals surface area (Å²) in [5, 5.41) is 20.6. The van der Waals surface area contributed by atoms with E-state index in [1.165, 1.54) is 29.7 Å². The van der Waals surface area contributed by atoms with Gasteiger partial charge in [-0.1, -0.05) is 52.8 Å². The molecule has 6 saturated carbocycles. The molecule has 0 spiro atoms. The lowest BCUT2D eigenvalue weighted by atomic mass is 9.85. The van der Waals surface area contributed by atoms with Crippen molar-refractivity contribution in [1.82, 2.24) is 30.9 Å². The first kappa shape index (κ1) is 33.0. The summed E-state index contributed by atoms with van der Waals surface area (Å²) >= 11 is 0. The average Bonchev–Trinajstić information content (AvgIpc) is 4.08. The Labute approximate surface area is 306 Å². The van der Waals surface area contributed by atoms with E-state index in [2.05, 4.69) is 80.9 Å². The average molecular weight is 703 g/mol. The maximum atomic E-state index is 6.11. The van der Waals surface area contributed by atoms with E-state index in [4.69, 9.17) is 24.7 Å². The fraction of sp³-hybridized carbons (Fsp3) is 0.619. The van der Waals surface area contributed by atoms with E-state index in [0.29, 0.717) is 47.8 Å². The van der Waals surface area contributed by atoms with Gasteiger partial charge in [-0.2, -0.15) is 9.97 Å². The zero-order valence-corrected chi connectivity index (χ0v) is 30.3.